The van der Waals surface area contributed by atoms with Crippen LogP contribution in [0.2, 0.25) is 0 Å². The van der Waals surface area contributed by atoms with Crippen LogP contribution in [0.25, 0.3) is 0 Å². The van der Waals surface area contributed by atoms with Crippen LogP contribution in [0.15, 0.2) is 84.9 Å². The molecule has 126 valence electrons. The number of hydroxylamine groups is 1. The number of carbonyl (C=O) groups excluding carboxylic acids is 1. The van der Waals surface area contributed by atoms with Gasteiger partial charge in [0.25, 0.3) is 5.91 Å². The number of carbonyl (C=O) groups is 1. The Hall–Kier alpha value is -3.11. The zero-order valence-corrected chi connectivity index (χ0v) is 13.6. The Kier molecular flexibility index (Phi) is 5.44. The first-order valence-electron chi connectivity index (χ1n) is 8.04. The average molecular weight is 333 g/mol. The minimum Gasteiger partial charge on any atom is -0.489 e. The maximum absolute atomic E-state index is 12.3. The van der Waals surface area contributed by atoms with Crippen LogP contribution in [0.5, 0.6) is 5.75 Å². The number of para-hydroxylation sites is 1. The van der Waals surface area contributed by atoms with Gasteiger partial charge < -0.3 is 4.74 Å². The summed E-state index contributed by atoms with van der Waals surface area (Å²) in [7, 11) is 0. The molecule has 0 fully saturated rings. The molecule has 0 saturated carbocycles. The van der Waals surface area contributed by atoms with E-state index in [0.717, 1.165) is 11.1 Å². The summed E-state index contributed by atoms with van der Waals surface area (Å²) >= 11 is 0. The molecular formula is C21H19NO3. The van der Waals surface area contributed by atoms with Crippen molar-refractivity contribution in [3.8, 4) is 5.75 Å². The largest absolute Gasteiger partial charge is 0.489 e. The van der Waals surface area contributed by atoms with Gasteiger partial charge in [-0.05, 0) is 17.2 Å². The van der Waals surface area contributed by atoms with Crippen molar-refractivity contribution in [1.29, 1.82) is 0 Å². The van der Waals surface area contributed by atoms with Crippen LogP contribution in [0, 0.1) is 0 Å². The van der Waals surface area contributed by atoms with E-state index in [-0.39, 0.29) is 0 Å². The summed E-state index contributed by atoms with van der Waals surface area (Å²) in [5, 5.41) is 9.19. The van der Waals surface area contributed by atoms with Crippen molar-refractivity contribution < 1.29 is 14.7 Å². The van der Waals surface area contributed by atoms with Crippen molar-refractivity contribution in [2.24, 2.45) is 0 Å². The summed E-state index contributed by atoms with van der Waals surface area (Å²) in [6, 6.07) is 26.5. The number of hydrogen-bond acceptors (Lipinski definition) is 3. The molecule has 0 saturated heterocycles. The van der Waals surface area contributed by atoms with Crippen LogP contribution < -0.4 is 10.2 Å². The fraction of sp³-hybridized carbons (Fsp3) is 0.0952. The molecule has 0 spiro atoms. The molecule has 0 radical (unpaired) electrons. The Bertz CT molecular complexity index is 819. The maximum atomic E-state index is 12.3. The summed E-state index contributed by atoms with van der Waals surface area (Å²) in [6.07, 6.45) is 0. The third kappa shape index (κ3) is 4.05. The second kappa shape index (κ2) is 8.13. The monoisotopic (exact) mass is 333 g/mol. The molecule has 25 heavy (non-hydrogen) atoms. The quantitative estimate of drug-likeness (QED) is 0.531. The second-order valence-corrected chi connectivity index (χ2v) is 5.63. The maximum Gasteiger partial charge on any atom is 0.255 e. The highest BCUT2D eigenvalue weighted by Crippen LogP contribution is 2.32. The van der Waals surface area contributed by atoms with Crippen LogP contribution >= 0.6 is 0 Å². The lowest BCUT2D eigenvalue weighted by atomic mass is 9.90. The molecule has 0 aliphatic heterocycles. The van der Waals surface area contributed by atoms with Gasteiger partial charge in [-0.25, -0.2) is 5.48 Å². The third-order valence-electron chi connectivity index (χ3n) is 3.97. The minimum absolute atomic E-state index is 0.403. The summed E-state index contributed by atoms with van der Waals surface area (Å²) in [5.74, 6) is -0.538. The van der Waals surface area contributed by atoms with E-state index >= 15 is 0 Å². The molecule has 3 rings (SSSR count). The topological polar surface area (TPSA) is 58.6 Å². The van der Waals surface area contributed by atoms with Crippen molar-refractivity contribution in [2.75, 3.05) is 0 Å². The predicted octanol–water partition coefficient (Wildman–Crippen LogP) is 3.90. The van der Waals surface area contributed by atoms with Crippen molar-refractivity contribution in [3.63, 3.8) is 0 Å². The molecule has 0 aromatic heterocycles. The van der Waals surface area contributed by atoms with Crippen LogP contribution in [-0.4, -0.2) is 11.1 Å². The lowest BCUT2D eigenvalue weighted by Gasteiger charge is -2.19. The number of rotatable bonds is 6. The molecule has 4 heteroatoms. The molecule has 0 aliphatic rings. The zero-order valence-electron chi connectivity index (χ0n) is 13.6. The van der Waals surface area contributed by atoms with Crippen molar-refractivity contribution >= 4 is 5.91 Å². The molecule has 0 bridgehead atoms. The van der Waals surface area contributed by atoms with Gasteiger partial charge in [0.1, 0.15) is 12.4 Å². The van der Waals surface area contributed by atoms with Gasteiger partial charge in [-0.1, -0.05) is 78.9 Å². The molecule has 1 atom stereocenters. The highest BCUT2D eigenvalue weighted by atomic mass is 16.5. The number of hydrogen-bond donors (Lipinski definition) is 2. The van der Waals surface area contributed by atoms with E-state index in [1.54, 1.807) is 5.48 Å². The fourth-order valence-electron chi connectivity index (χ4n) is 2.77. The Labute approximate surface area is 146 Å². The van der Waals surface area contributed by atoms with Crippen molar-refractivity contribution in [2.45, 2.75) is 12.5 Å². The minimum atomic E-state index is -0.654. The van der Waals surface area contributed by atoms with Gasteiger partial charge in [0, 0.05) is 5.56 Å². The average Bonchev–Trinajstić information content (AvgIpc) is 2.69. The Morgan fingerprint density at radius 2 is 1.48 bits per heavy atom. The molecule has 1 amide bonds. The van der Waals surface area contributed by atoms with E-state index in [1.165, 1.54) is 0 Å². The highest BCUT2D eigenvalue weighted by molar-refractivity contribution is 5.87. The van der Waals surface area contributed by atoms with Crippen molar-refractivity contribution in [1.82, 2.24) is 5.48 Å². The molecule has 4 nitrogen and oxygen atoms in total. The lowest BCUT2D eigenvalue weighted by molar-refractivity contribution is -0.129. The first-order valence-corrected chi connectivity index (χ1v) is 8.04. The van der Waals surface area contributed by atoms with Crippen LogP contribution in [0.3, 0.4) is 0 Å². The molecule has 0 aliphatic carbocycles. The van der Waals surface area contributed by atoms with Gasteiger partial charge in [0.2, 0.25) is 0 Å². The normalized spacial score (nSPS) is 11.6. The summed E-state index contributed by atoms with van der Waals surface area (Å²) in [6.45, 7) is 0.403. The zero-order chi connectivity index (χ0) is 17.5. The standard InChI is InChI=1S/C21H19NO3/c23-21(22-24)20(17-11-5-2-6-12-17)18-13-7-8-14-19(18)25-15-16-9-3-1-4-10-16/h1-14,20,24H,15H2,(H,22,23). The van der Waals surface area contributed by atoms with E-state index in [0.29, 0.717) is 17.9 Å². The Balaban J connectivity index is 1.93. The smallest absolute Gasteiger partial charge is 0.255 e. The molecule has 3 aromatic carbocycles. The van der Waals surface area contributed by atoms with Gasteiger partial charge in [0.05, 0.1) is 5.92 Å². The predicted molar refractivity (Wildman–Crippen MR) is 95.4 cm³/mol. The van der Waals surface area contributed by atoms with E-state index in [9.17, 15) is 10.0 Å². The van der Waals surface area contributed by atoms with Gasteiger partial charge in [0.15, 0.2) is 0 Å². The summed E-state index contributed by atoms with van der Waals surface area (Å²) in [4.78, 5) is 12.3. The lowest BCUT2D eigenvalue weighted by Crippen LogP contribution is -2.27. The van der Waals surface area contributed by atoms with Crippen LogP contribution in [-0.2, 0) is 11.4 Å². The first kappa shape index (κ1) is 16.7. The Morgan fingerprint density at radius 3 is 2.16 bits per heavy atom. The summed E-state index contributed by atoms with van der Waals surface area (Å²) < 4.78 is 5.96. The fourth-order valence-corrected chi connectivity index (χ4v) is 2.77. The Morgan fingerprint density at radius 1 is 0.880 bits per heavy atom. The molecular weight excluding hydrogens is 314 g/mol. The summed E-state index contributed by atoms with van der Waals surface area (Å²) in [5.41, 5.74) is 4.30. The SMILES string of the molecule is O=C(NO)C(c1ccccc1)c1ccccc1OCc1ccccc1. The number of amides is 1. The molecule has 0 heterocycles. The van der Waals surface area contributed by atoms with E-state index in [4.69, 9.17) is 4.74 Å². The van der Waals surface area contributed by atoms with Gasteiger partial charge >= 0.3 is 0 Å². The first-order chi connectivity index (χ1) is 12.3. The van der Waals surface area contributed by atoms with Gasteiger partial charge in [-0.2, -0.15) is 0 Å². The van der Waals surface area contributed by atoms with E-state index < -0.39 is 11.8 Å². The van der Waals surface area contributed by atoms with Crippen molar-refractivity contribution in [3.05, 3.63) is 102 Å². The van der Waals surface area contributed by atoms with Gasteiger partial charge in [-0.3, -0.25) is 10.0 Å². The number of nitrogens with one attached hydrogen (secondary N) is 1. The van der Waals surface area contributed by atoms with Crippen LogP contribution in [0.1, 0.15) is 22.6 Å². The number of benzene rings is 3. The molecule has 2 N–H and O–H groups in total. The second-order valence-electron chi connectivity index (χ2n) is 5.63. The molecule has 3 aromatic rings. The van der Waals surface area contributed by atoms with E-state index in [1.807, 2.05) is 84.9 Å². The highest BCUT2D eigenvalue weighted by Gasteiger charge is 2.25. The molecule has 1 unspecified atom stereocenters. The van der Waals surface area contributed by atoms with Gasteiger partial charge in [-0.15, -0.1) is 0 Å². The number of ether oxygens (including phenoxy) is 1. The van der Waals surface area contributed by atoms with E-state index in [2.05, 4.69) is 0 Å². The third-order valence-corrected chi connectivity index (χ3v) is 3.97. The van der Waals surface area contributed by atoms with Crippen LogP contribution in [0.4, 0.5) is 0 Å².